The number of hydrogen-bond acceptors (Lipinski definition) is 6. The van der Waals surface area contributed by atoms with Gasteiger partial charge in [0.2, 0.25) is 5.82 Å². The van der Waals surface area contributed by atoms with Crippen LogP contribution in [-0.2, 0) is 24.5 Å². The minimum atomic E-state index is -4.50. The number of hydrogen-bond donors (Lipinski definition) is 0. The standard InChI is InChI=1S/C20H25F3N4O4/c1-3-30-13-12-27-19(29)25(2)18(28)17(24-27)26-10-8-14(9-11-26)31-16-7-5-4-6-15(16)20(21,22)23/h4-7,14H,3,8-13H2,1-2H3. The summed E-state index contributed by atoms with van der Waals surface area (Å²) in [6.45, 7) is 3.56. The summed E-state index contributed by atoms with van der Waals surface area (Å²) in [5.41, 5.74) is -1.86. The van der Waals surface area contributed by atoms with E-state index in [4.69, 9.17) is 9.47 Å². The molecular formula is C20H25F3N4O4. The summed E-state index contributed by atoms with van der Waals surface area (Å²) in [5.74, 6) is -0.0697. The van der Waals surface area contributed by atoms with Crippen LogP contribution in [-0.4, -0.2) is 46.8 Å². The molecule has 0 N–H and O–H groups in total. The first-order valence-electron chi connectivity index (χ1n) is 10.1. The van der Waals surface area contributed by atoms with Crippen LogP contribution in [0.15, 0.2) is 33.9 Å². The predicted molar refractivity (Wildman–Crippen MR) is 108 cm³/mol. The Hall–Kier alpha value is -2.82. The summed E-state index contributed by atoms with van der Waals surface area (Å²) < 4.78 is 52.6. The molecule has 0 radical (unpaired) electrons. The van der Waals surface area contributed by atoms with Gasteiger partial charge in [-0.15, -0.1) is 5.10 Å². The Labute approximate surface area is 176 Å². The molecule has 31 heavy (non-hydrogen) atoms. The fraction of sp³-hybridized carbons (Fsp3) is 0.550. The Morgan fingerprint density at radius 3 is 2.48 bits per heavy atom. The lowest BCUT2D eigenvalue weighted by Gasteiger charge is -2.33. The molecule has 1 aliphatic rings. The Morgan fingerprint density at radius 1 is 1.16 bits per heavy atom. The van der Waals surface area contributed by atoms with E-state index in [0.717, 1.165) is 10.6 Å². The van der Waals surface area contributed by atoms with Crippen molar-refractivity contribution in [2.24, 2.45) is 7.05 Å². The molecule has 1 aromatic carbocycles. The molecule has 2 heterocycles. The van der Waals surface area contributed by atoms with Crippen LogP contribution in [0.5, 0.6) is 5.75 Å². The Bertz CT molecular complexity index is 1010. The fourth-order valence-corrected chi connectivity index (χ4v) is 3.42. The van der Waals surface area contributed by atoms with Gasteiger partial charge in [-0.3, -0.25) is 9.36 Å². The van der Waals surface area contributed by atoms with Crippen molar-refractivity contribution < 1.29 is 22.6 Å². The normalized spacial score (nSPS) is 15.3. The third-order valence-electron chi connectivity index (χ3n) is 5.10. The fourth-order valence-electron chi connectivity index (χ4n) is 3.42. The van der Waals surface area contributed by atoms with E-state index >= 15 is 0 Å². The van der Waals surface area contributed by atoms with Crippen LogP contribution in [0, 0.1) is 0 Å². The van der Waals surface area contributed by atoms with Crippen molar-refractivity contribution in [1.82, 2.24) is 14.3 Å². The van der Waals surface area contributed by atoms with Crippen molar-refractivity contribution in [3.8, 4) is 5.75 Å². The van der Waals surface area contributed by atoms with Gasteiger partial charge in [-0.05, 0) is 19.1 Å². The Balaban J connectivity index is 1.72. The Kier molecular flexibility index (Phi) is 7.04. The molecule has 0 saturated carbocycles. The molecule has 0 aliphatic carbocycles. The van der Waals surface area contributed by atoms with Crippen LogP contribution in [0.3, 0.4) is 0 Å². The van der Waals surface area contributed by atoms with Crippen LogP contribution in [0.2, 0.25) is 0 Å². The lowest BCUT2D eigenvalue weighted by molar-refractivity contribution is -0.139. The van der Waals surface area contributed by atoms with E-state index in [0.29, 0.717) is 32.5 Å². The van der Waals surface area contributed by atoms with Crippen molar-refractivity contribution in [3.63, 3.8) is 0 Å². The number of ether oxygens (including phenoxy) is 2. The van der Waals surface area contributed by atoms with E-state index in [1.807, 2.05) is 6.92 Å². The maximum atomic E-state index is 13.2. The highest BCUT2D eigenvalue weighted by molar-refractivity contribution is 5.37. The second kappa shape index (κ2) is 9.54. The maximum absolute atomic E-state index is 13.2. The van der Waals surface area contributed by atoms with Crippen molar-refractivity contribution in [1.29, 1.82) is 0 Å². The maximum Gasteiger partial charge on any atom is 0.419 e. The van der Waals surface area contributed by atoms with Gasteiger partial charge in [-0.2, -0.15) is 13.2 Å². The first-order chi connectivity index (χ1) is 14.7. The molecule has 0 spiro atoms. The number of piperidine rings is 1. The van der Waals surface area contributed by atoms with Gasteiger partial charge in [0.15, 0.2) is 0 Å². The van der Waals surface area contributed by atoms with Crippen LogP contribution < -0.4 is 20.9 Å². The van der Waals surface area contributed by atoms with Gasteiger partial charge < -0.3 is 14.4 Å². The lowest BCUT2D eigenvalue weighted by Crippen LogP contribution is -2.47. The molecular weight excluding hydrogens is 417 g/mol. The largest absolute Gasteiger partial charge is 0.490 e. The highest BCUT2D eigenvalue weighted by Crippen LogP contribution is 2.37. The number of anilines is 1. The van der Waals surface area contributed by atoms with Gasteiger partial charge in [0.1, 0.15) is 11.9 Å². The van der Waals surface area contributed by atoms with Gasteiger partial charge in [-0.25, -0.2) is 9.48 Å². The van der Waals surface area contributed by atoms with E-state index in [1.165, 1.54) is 29.9 Å². The van der Waals surface area contributed by atoms with E-state index < -0.39 is 29.1 Å². The second-order valence-electron chi connectivity index (χ2n) is 7.19. The van der Waals surface area contributed by atoms with Gasteiger partial charge in [0.25, 0.3) is 5.56 Å². The highest BCUT2D eigenvalue weighted by Gasteiger charge is 2.35. The molecule has 1 fully saturated rings. The zero-order valence-corrected chi connectivity index (χ0v) is 17.4. The number of halogens is 3. The minimum absolute atomic E-state index is 0.132. The van der Waals surface area contributed by atoms with E-state index in [-0.39, 0.29) is 24.7 Å². The molecule has 0 unspecified atom stereocenters. The summed E-state index contributed by atoms with van der Waals surface area (Å²) in [4.78, 5) is 26.6. The van der Waals surface area contributed by atoms with Crippen LogP contribution in [0.25, 0.3) is 0 Å². The zero-order chi connectivity index (χ0) is 22.6. The molecule has 0 atom stereocenters. The molecule has 1 aliphatic heterocycles. The third kappa shape index (κ3) is 5.27. The second-order valence-corrected chi connectivity index (χ2v) is 7.19. The Morgan fingerprint density at radius 2 is 1.84 bits per heavy atom. The number of alkyl halides is 3. The first kappa shape index (κ1) is 22.9. The van der Waals surface area contributed by atoms with Crippen LogP contribution >= 0.6 is 0 Å². The molecule has 0 bridgehead atoms. The quantitative estimate of drug-likeness (QED) is 0.611. The van der Waals surface area contributed by atoms with Crippen molar-refractivity contribution in [2.45, 2.75) is 38.6 Å². The monoisotopic (exact) mass is 442 g/mol. The van der Waals surface area contributed by atoms with Crippen LogP contribution in [0.1, 0.15) is 25.3 Å². The summed E-state index contributed by atoms with van der Waals surface area (Å²) in [5, 5.41) is 4.21. The molecule has 2 aromatic rings. The topological polar surface area (TPSA) is 78.6 Å². The van der Waals surface area contributed by atoms with Crippen molar-refractivity contribution in [2.75, 3.05) is 31.2 Å². The van der Waals surface area contributed by atoms with Crippen molar-refractivity contribution >= 4 is 5.82 Å². The third-order valence-corrected chi connectivity index (χ3v) is 5.10. The molecule has 1 saturated heterocycles. The zero-order valence-electron chi connectivity index (χ0n) is 17.4. The lowest BCUT2D eigenvalue weighted by atomic mass is 10.1. The van der Waals surface area contributed by atoms with Crippen LogP contribution in [0.4, 0.5) is 19.0 Å². The molecule has 0 amide bonds. The average molecular weight is 442 g/mol. The first-order valence-corrected chi connectivity index (χ1v) is 10.1. The molecule has 11 heteroatoms. The number of nitrogens with zero attached hydrogens (tertiary/aromatic N) is 4. The van der Waals surface area contributed by atoms with Gasteiger partial charge in [-0.1, -0.05) is 12.1 Å². The number of rotatable bonds is 7. The molecule has 8 nitrogen and oxygen atoms in total. The number of aromatic nitrogens is 3. The predicted octanol–water partition coefficient (Wildman–Crippen LogP) is 2.05. The van der Waals surface area contributed by atoms with Gasteiger partial charge >= 0.3 is 11.9 Å². The minimum Gasteiger partial charge on any atom is -0.490 e. The van der Waals surface area contributed by atoms with E-state index in [1.54, 1.807) is 4.90 Å². The average Bonchev–Trinajstić information content (AvgIpc) is 2.74. The number of benzene rings is 1. The van der Waals surface area contributed by atoms with E-state index in [2.05, 4.69) is 5.10 Å². The summed E-state index contributed by atoms with van der Waals surface area (Å²) in [6.07, 6.45) is -4.10. The smallest absolute Gasteiger partial charge is 0.419 e. The summed E-state index contributed by atoms with van der Waals surface area (Å²) in [7, 11) is 1.39. The number of para-hydroxylation sites is 1. The summed E-state index contributed by atoms with van der Waals surface area (Å²) >= 11 is 0. The highest BCUT2D eigenvalue weighted by atomic mass is 19.4. The molecule has 1 aromatic heterocycles. The SMILES string of the molecule is CCOCCn1nc(N2CCC(Oc3ccccc3C(F)(F)F)CC2)c(=O)n(C)c1=O. The molecule has 170 valence electrons. The van der Waals surface area contributed by atoms with Gasteiger partial charge in [0.05, 0.1) is 18.7 Å². The summed E-state index contributed by atoms with van der Waals surface area (Å²) in [6, 6.07) is 5.11. The van der Waals surface area contributed by atoms with Gasteiger partial charge in [0, 0.05) is 39.6 Å². The van der Waals surface area contributed by atoms with E-state index in [9.17, 15) is 22.8 Å². The molecule has 3 rings (SSSR count). The van der Waals surface area contributed by atoms with Crippen molar-refractivity contribution in [3.05, 3.63) is 50.7 Å².